The minimum atomic E-state index is -3.44. The van der Waals surface area contributed by atoms with Crippen molar-refractivity contribution in [2.45, 2.75) is 0 Å². The first-order valence-electron chi connectivity index (χ1n) is 6.52. The summed E-state index contributed by atoms with van der Waals surface area (Å²) in [5, 5.41) is 0. The van der Waals surface area contributed by atoms with E-state index in [1.807, 2.05) is 53.4 Å². The van der Waals surface area contributed by atoms with Crippen molar-refractivity contribution in [3.05, 3.63) is 48.5 Å². The van der Waals surface area contributed by atoms with Crippen molar-refractivity contribution in [2.24, 2.45) is 0 Å². The van der Waals surface area contributed by atoms with Crippen LogP contribution in [0.3, 0.4) is 0 Å². The Hall–Kier alpha value is -2.05. The summed E-state index contributed by atoms with van der Waals surface area (Å²) in [7, 11) is -3.44. The summed E-state index contributed by atoms with van der Waals surface area (Å²) < 4.78 is 32.9. The van der Waals surface area contributed by atoms with E-state index in [4.69, 9.17) is 8.92 Å². The van der Waals surface area contributed by atoms with E-state index in [0.717, 1.165) is 29.1 Å². The van der Waals surface area contributed by atoms with Crippen molar-refractivity contribution in [1.82, 2.24) is 0 Å². The van der Waals surface area contributed by atoms with Gasteiger partial charge in [-0.1, -0.05) is 24.3 Å². The lowest BCUT2D eigenvalue weighted by molar-refractivity contribution is 0.329. The van der Waals surface area contributed by atoms with Crippen LogP contribution in [0.5, 0.6) is 11.5 Å². The summed E-state index contributed by atoms with van der Waals surface area (Å²) in [6, 6.07) is 15.3. The lowest BCUT2D eigenvalue weighted by Gasteiger charge is -2.32. The lowest BCUT2D eigenvalue weighted by atomic mass is 10.7. The van der Waals surface area contributed by atoms with Crippen LogP contribution in [0.15, 0.2) is 48.5 Å². The Morgan fingerprint density at radius 1 is 1.00 bits per heavy atom. The van der Waals surface area contributed by atoms with Gasteiger partial charge in [0, 0.05) is 6.54 Å². The molecule has 0 amide bonds. The number of ether oxygens (including phenoxy) is 1. The third-order valence-electron chi connectivity index (χ3n) is 3.14. The quantitative estimate of drug-likeness (QED) is 0.807. The molecule has 0 unspecified atom stereocenters. The van der Waals surface area contributed by atoms with Gasteiger partial charge in [-0.3, -0.25) is 4.18 Å². The molecule has 0 spiro atoms. The van der Waals surface area contributed by atoms with Gasteiger partial charge in [0.1, 0.15) is 0 Å². The molecule has 0 fully saturated rings. The number of para-hydroxylation sites is 4. The molecule has 0 aliphatic carbocycles. The molecular weight excluding hydrogens is 314 g/mol. The fourth-order valence-electron chi connectivity index (χ4n) is 2.30. The fourth-order valence-corrected chi connectivity index (χ4v) is 2.68. The van der Waals surface area contributed by atoms with Crippen LogP contribution < -0.4 is 9.64 Å². The maximum Gasteiger partial charge on any atom is 0.264 e. The molecule has 0 saturated heterocycles. The Morgan fingerprint density at radius 3 is 2.05 bits per heavy atom. The molecule has 0 aromatic heterocycles. The number of rotatable bonds is 4. The van der Waals surface area contributed by atoms with Crippen molar-refractivity contribution in [2.75, 3.05) is 24.3 Å². The van der Waals surface area contributed by atoms with E-state index < -0.39 is 10.1 Å². The molecule has 0 atom stereocenters. The number of fused-ring (bicyclic) bond motifs is 2. The molecule has 5 nitrogen and oxygen atoms in total. The molecular formula is C15H15NO4S. The molecule has 0 saturated carbocycles. The van der Waals surface area contributed by atoms with Gasteiger partial charge in [0.05, 0.1) is 24.2 Å². The van der Waals surface area contributed by atoms with Crippen LogP contribution in [0.25, 0.3) is 0 Å². The van der Waals surface area contributed by atoms with E-state index in [1.165, 1.54) is 0 Å². The average molecular weight is 329 g/mol. The van der Waals surface area contributed by atoms with Gasteiger partial charge in [-0.25, -0.2) is 0 Å². The second-order valence-electron chi connectivity index (χ2n) is 4.72. The fraction of sp³-hybridized carbons (Fsp3) is 0.200. The summed E-state index contributed by atoms with van der Waals surface area (Å²) in [5.74, 6) is 1.49. The predicted molar refractivity (Wildman–Crippen MR) is 80.8 cm³/mol. The summed E-state index contributed by atoms with van der Waals surface area (Å²) in [4.78, 5) is 2.00. The second-order valence-corrected chi connectivity index (χ2v) is 6.36. The molecule has 6 heteroatoms. The van der Waals surface area contributed by atoms with Crippen molar-refractivity contribution < 1.29 is 17.3 Å². The molecule has 0 radical (unpaired) electrons. The first-order chi connectivity index (χ1) is 10.0. The monoisotopic (exact) mass is 329 g/mol. The zero-order valence-corrected chi connectivity index (χ0v) is 12.3. The Morgan fingerprint density at radius 2 is 1.52 bits per heavy atom. The molecule has 2 aromatic rings. The van der Waals surface area contributed by atoms with E-state index >= 15 is 0 Å². The van der Waals surface area contributed by atoms with Crippen molar-refractivity contribution >= 4 is 21.5 Å². The molecule has 1 heterocycles. The normalized spacial score (nSPS) is 13.3. The largest absolute Gasteiger partial charge is 0.453 e. The Balaban J connectivity index is 1.91. The minimum Gasteiger partial charge on any atom is -0.453 e. The Bertz CT molecular complexity index is 712. The van der Waals surface area contributed by atoms with Gasteiger partial charge in [-0.15, -0.1) is 0 Å². The molecule has 2 aromatic carbocycles. The highest BCUT2D eigenvalue weighted by atomic mass is 32.2. The van der Waals surface area contributed by atoms with Crippen LogP contribution in [0.4, 0.5) is 11.4 Å². The number of anilines is 2. The summed E-state index contributed by atoms with van der Waals surface area (Å²) in [5.41, 5.74) is 1.79. The molecule has 1 aliphatic heterocycles. The van der Waals surface area contributed by atoms with E-state index in [2.05, 4.69) is 0 Å². The van der Waals surface area contributed by atoms with Crippen molar-refractivity contribution in [1.29, 1.82) is 0 Å². The topological polar surface area (TPSA) is 55.8 Å². The molecule has 3 rings (SSSR count). The van der Waals surface area contributed by atoms with Crippen molar-refractivity contribution in [3.8, 4) is 11.5 Å². The number of benzene rings is 2. The Kier molecular flexibility index (Phi) is 3.57. The zero-order valence-electron chi connectivity index (χ0n) is 11.5. The van der Waals surface area contributed by atoms with E-state index in [-0.39, 0.29) is 6.61 Å². The predicted octanol–water partition coefficient (Wildman–Crippen LogP) is 2.91. The first kappa shape index (κ1) is 13.9. The van der Waals surface area contributed by atoms with Gasteiger partial charge < -0.3 is 9.64 Å². The SMILES string of the molecule is CS(=O)(=O)OCCN1[14c]2[14cH][14cH][14cH][14cH][14c]2O[14c]2[14cH][14cH][14cH][14cH][14c]21. The summed E-state index contributed by atoms with van der Waals surface area (Å²) in [6.45, 7) is 0.506. The van der Waals surface area contributed by atoms with Crippen molar-refractivity contribution in [3.63, 3.8) is 0 Å². The van der Waals surface area contributed by atoms with Gasteiger partial charge in [-0.2, -0.15) is 8.42 Å². The van der Waals surface area contributed by atoms with Gasteiger partial charge in [0.15, 0.2) is 11.5 Å². The first-order valence-corrected chi connectivity index (χ1v) is 8.34. The maximum absolute atomic E-state index is 11.1. The highest BCUT2D eigenvalue weighted by molar-refractivity contribution is 7.85. The minimum absolute atomic E-state index is 0.0848. The molecule has 21 heavy (non-hydrogen) atoms. The smallest absolute Gasteiger partial charge is 0.264 e. The third kappa shape index (κ3) is 3.01. The van der Waals surface area contributed by atoms with Crippen LogP contribution >= 0.6 is 0 Å². The van der Waals surface area contributed by atoms with E-state index in [1.54, 1.807) is 0 Å². The summed E-state index contributed by atoms with van der Waals surface area (Å²) >= 11 is 0. The van der Waals surface area contributed by atoms with E-state index in [0.29, 0.717) is 6.54 Å². The maximum atomic E-state index is 11.1. The highest BCUT2D eigenvalue weighted by Gasteiger charge is 2.23. The number of hydrogen-bond acceptors (Lipinski definition) is 5. The van der Waals surface area contributed by atoms with E-state index in [9.17, 15) is 8.42 Å². The van der Waals surface area contributed by atoms with Gasteiger partial charge in [-0.05, 0) is 24.3 Å². The third-order valence-corrected chi connectivity index (χ3v) is 3.74. The van der Waals surface area contributed by atoms with Crippen LogP contribution in [-0.2, 0) is 14.3 Å². The average Bonchev–Trinajstić information content (AvgIpc) is 2.45. The number of hydrogen-bond donors (Lipinski definition) is 0. The standard InChI is InChI=1S/C15H15NO4S/c1-21(17,18)19-11-10-16-12-6-2-4-8-14(12)20-15-9-5-3-7-13(15)16/h2-9H,10-11H2,1H3/i2+2,3+2,4+2,5+2,6+2,7+2,8+2,9+2,12+2,13+2,14+2,15+2. The Labute approximate surface area is 123 Å². The molecule has 1 aliphatic rings. The molecule has 0 N–H and O–H groups in total. The molecule has 110 valence electrons. The van der Waals surface area contributed by atoms with Gasteiger partial charge >= 0.3 is 0 Å². The van der Waals surface area contributed by atoms with Crippen LogP contribution in [0, 0.1) is 0 Å². The lowest BCUT2D eigenvalue weighted by Crippen LogP contribution is -2.26. The molecule has 0 bridgehead atoms. The summed E-state index contributed by atoms with van der Waals surface area (Å²) in [6.07, 6.45) is 1.05. The van der Waals surface area contributed by atoms with Crippen LogP contribution in [0.1, 0.15) is 0 Å². The zero-order chi connectivity index (χ0) is 14.9. The highest BCUT2D eigenvalue weighted by Crippen LogP contribution is 2.45. The number of nitrogens with zero attached hydrogens (tertiary/aromatic N) is 1. The van der Waals surface area contributed by atoms with Gasteiger partial charge in [0.25, 0.3) is 10.1 Å². The van der Waals surface area contributed by atoms with Crippen LogP contribution in [-0.4, -0.2) is 27.8 Å². The second kappa shape index (κ2) is 5.38. The van der Waals surface area contributed by atoms with Crippen LogP contribution in [0.2, 0.25) is 0 Å². The van der Waals surface area contributed by atoms with Gasteiger partial charge in [0.2, 0.25) is 0 Å².